The minimum Gasteiger partial charge on any atom is -0.480 e. The highest BCUT2D eigenvalue weighted by Crippen LogP contribution is 2.13. The molecule has 1 aliphatic rings. The fourth-order valence-electron chi connectivity index (χ4n) is 1.30. The van der Waals surface area contributed by atoms with Crippen LogP contribution < -0.4 is 5.32 Å². The van der Waals surface area contributed by atoms with Crippen molar-refractivity contribution in [2.24, 2.45) is 0 Å². The number of hydrogen-bond acceptors (Lipinski definition) is 4. The molecule has 0 aromatic rings. The summed E-state index contributed by atoms with van der Waals surface area (Å²) in [5.41, 5.74) is 0. The van der Waals surface area contributed by atoms with E-state index in [1.54, 1.807) is 0 Å². The van der Waals surface area contributed by atoms with Crippen LogP contribution in [0.2, 0.25) is 0 Å². The standard InChI is InChI=1S/C7H12N2O4/c10-6(11)4-8-7(12)5-2-1-3-9(5)13/h5,13H,1-4H2,(H,8,12)(H,10,11)/t5-/m0/s1. The summed E-state index contributed by atoms with van der Waals surface area (Å²) >= 11 is 0. The molecule has 0 aromatic heterocycles. The maximum Gasteiger partial charge on any atom is 0.322 e. The molecular formula is C7H12N2O4. The molecule has 1 saturated heterocycles. The van der Waals surface area contributed by atoms with Crippen molar-refractivity contribution in [2.45, 2.75) is 18.9 Å². The molecular weight excluding hydrogens is 176 g/mol. The Morgan fingerprint density at radius 1 is 1.54 bits per heavy atom. The Labute approximate surface area is 75.1 Å². The van der Waals surface area contributed by atoms with Crippen LogP contribution in [0.1, 0.15) is 12.8 Å². The maximum absolute atomic E-state index is 11.2. The lowest BCUT2D eigenvalue weighted by Crippen LogP contribution is -2.43. The number of hydrogen-bond donors (Lipinski definition) is 3. The molecule has 0 bridgehead atoms. The summed E-state index contributed by atoms with van der Waals surface area (Å²) in [6.07, 6.45) is 1.32. The van der Waals surface area contributed by atoms with Crippen molar-refractivity contribution in [1.82, 2.24) is 10.4 Å². The summed E-state index contributed by atoms with van der Waals surface area (Å²) in [5, 5.41) is 20.6. The molecule has 0 aliphatic carbocycles. The van der Waals surface area contributed by atoms with Gasteiger partial charge in [-0.2, -0.15) is 5.06 Å². The normalized spacial score (nSPS) is 23.0. The third-order valence-corrected chi connectivity index (χ3v) is 1.94. The van der Waals surface area contributed by atoms with E-state index in [4.69, 9.17) is 10.3 Å². The smallest absolute Gasteiger partial charge is 0.322 e. The summed E-state index contributed by atoms with van der Waals surface area (Å²) in [6, 6.07) is -0.584. The van der Waals surface area contributed by atoms with Crippen LogP contribution in [0.15, 0.2) is 0 Å². The first-order valence-electron chi connectivity index (χ1n) is 4.06. The van der Waals surface area contributed by atoms with E-state index >= 15 is 0 Å². The average Bonchev–Trinajstić information content (AvgIpc) is 2.47. The third-order valence-electron chi connectivity index (χ3n) is 1.94. The van der Waals surface area contributed by atoms with Gasteiger partial charge in [0.1, 0.15) is 12.6 Å². The molecule has 6 heteroatoms. The molecule has 1 aliphatic heterocycles. The van der Waals surface area contributed by atoms with E-state index in [1.165, 1.54) is 0 Å². The number of amides is 1. The van der Waals surface area contributed by atoms with Gasteiger partial charge in [0.2, 0.25) is 5.91 Å². The molecule has 0 spiro atoms. The predicted molar refractivity (Wildman–Crippen MR) is 42.2 cm³/mol. The molecule has 1 atom stereocenters. The van der Waals surface area contributed by atoms with Gasteiger partial charge in [0, 0.05) is 6.54 Å². The zero-order chi connectivity index (χ0) is 9.84. The lowest BCUT2D eigenvalue weighted by atomic mass is 10.2. The first kappa shape index (κ1) is 9.94. The quantitative estimate of drug-likeness (QED) is 0.530. The monoisotopic (exact) mass is 188 g/mol. The van der Waals surface area contributed by atoms with Crippen molar-refractivity contribution in [3.63, 3.8) is 0 Å². The van der Waals surface area contributed by atoms with E-state index in [0.717, 1.165) is 11.5 Å². The van der Waals surface area contributed by atoms with Crippen LogP contribution in [0.3, 0.4) is 0 Å². The number of hydroxylamine groups is 2. The zero-order valence-corrected chi connectivity index (χ0v) is 7.06. The average molecular weight is 188 g/mol. The summed E-state index contributed by atoms with van der Waals surface area (Å²) < 4.78 is 0. The SMILES string of the molecule is O=C(O)CNC(=O)[C@@H]1CCCN1O. The fourth-order valence-corrected chi connectivity index (χ4v) is 1.30. The van der Waals surface area contributed by atoms with Crippen molar-refractivity contribution >= 4 is 11.9 Å². The molecule has 6 nitrogen and oxygen atoms in total. The van der Waals surface area contributed by atoms with Gasteiger partial charge in [-0.25, -0.2) is 0 Å². The number of nitrogens with zero attached hydrogens (tertiary/aromatic N) is 1. The molecule has 1 heterocycles. The molecule has 0 radical (unpaired) electrons. The van der Waals surface area contributed by atoms with E-state index in [2.05, 4.69) is 5.32 Å². The molecule has 0 unspecified atom stereocenters. The topological polar surface area (TPSA) is 89.9 Å². The van der Waals surface area contributed by atoms with E-state index in [9.17, 15) is 9.59 Å². The molecule has 0 aromatic carbocycles. The summed E-state index contributed by atoms with van der Waals surface area (Å²) in [4.78, 5) is 21.3. The van der Waals surface area contributed by atoms with Crippen LogP contribution in [0.4, 0.5) is 0 Å². The number of nitrogens with one attached hydrogen (secondary N) is 1. The van der Waals surface area contributed by atoms with Gasteiger partial charge in [0.15, 0.2) is 0 Å². The number of carbonyl (C=O) groups is 2. The molecule has 3 N–H and O–H groups in total. The Morgan fingerprint density at radius 3 is 2.69 bits per heavy atom. The zero-order valence-electron chi connectivity index (χ0n) is 7.06. The van der Waals surface area contributed by atoms with Gasteiger partial charge in [0.05, 0.1) is 0 Å². The number of carboxylic acids is 1. The summed E-state index contributed by atoms with van der Waals surface area (Å²) in [7, 11) is 0. The van der Waals surface area contributed by atoms with Crippen molar-refractivity contribution in [2.75, 3.05) is 13.1 Å². The highest BCUT2D eigenvalue weighted by Gasteiger charge is 2.29. The van der Waals surface area contributed by atoms with Crippen molar-refractivity contribution in [1.29, 1.82) is 0 Å². The van der Waals surface area contributed by atoms with Gasteiger partial charge in [-0.1, -0.05) is 0 Å². The highest BCUT2D eigenvalue weighted by molar-refractivity contribution is 5.85. The van der Waals surface area contributed by atoms with Gasteiger partial charge in [-0.3, -0.25) is 9.59 Å². The summed E-state index contributed by atoms with van der Waals surface area (Å²) in [6.45, 7) is 0.0638. The Morgan fingerprint density at radius 2 is 2.23 bits per heavy atom. The second-order valence-corrected chi connectivity index (χ2v) is 2.93. The molecule has 1 rings (SSSR count). The Balaban J connectivity index is 2.34. The predicted octanol–water partition coefficient (Wildman–Crippen LogP) is -0.959. The second-order valence-electron chi connectivity index (χ2n) is 2.93. The van der Waals surface area contributed by atoms with Crippen LogP contribution in [0.5, 0.6) is 0 Å². The van der Waals surface area contributed by atoms with Crippen LogP contribution in [-0.2, 0) is 9.59 Å². The number of carboxylic acid groups (broad SMARTS) is 1. The number of aliphatic carboxylic acids is 1. The first-order valence-corrected chi connectivity index (χ1v) is 4.06. The third kappa shape index (κ3) is 2.67. The molecule has 74 valence electrons. The van der Waals surface area contributed by atoms with Gasteiger partial charge in [-0.05, 0) is 12.8 Å². The van der Waals surface area contributed by atoms with Crippen molar-refractivity contribution < 1.29 is 19.9 Å². The molecule has 0 saturated carbocycles. The summed E-state index contributed by atoms with van der Waals surface area (Å²) in [5.74, 6) is -1.52. The van der Waals surface area contributed by atoms with Crippen LogP contribution in [-0.4, -0.2) is 46.4 Å². The van der Waals surface area contributed by atoms with Crippen molar-refractivity contribution in [3.8, 4) is 0 Å². The number of rotatable bonds is 3. The first-order chi connectivity index (χ1) is 6.11. The second kappa shape index (κ2) is 4.20. The van der Waals surface area contributed by atoms with E-state index < -0.39 is 24.5 Å². The van der Waals surface area contributed by atoms with Crippen LogP contribution in [0.25, 0.3) is 0 Å². The molecule has 1 fully saturated rings. The minimum absolute atomic E-state index is 0.400. The van der Waals surface area contributed by atoms with Gasteiger partial charge < -0.3 is 15.6 Å². The Kier molecular flexibility index (Phi) is 3.21. The molecule has 1 amide bonds. The van der Waals surface area contributed by atoms with E-state index in [0.29, 0.717) is 13.0 Å². The Bertz CT molecular complexity index is 219. The van der Waals surface area contributed by atoms with Crippen molar-refractivity contribution in [3.05, 3.63) is 0 Å². The maximum atomic E-state index is 11.2. The highest BCUT2D eigenvalue weighted by atomic mass is 16.5. The van der Waals surface area contributed by atoms with Gasteiger partial charge in [0.25, 0.3) is 0 Å². The van der Waals surface area contributed by atoms with Crippen LogP contribution in [0, 0.1) is 0 Å². The molecule has 13 heavy (non-hydrogen) atoms. The number of carbonyl (C=O) groups excluding carboxylic acids is 1. The van der Waals surface area contributed by atoms with Gasteiger partial charge in [-0.15, -0.1) is 0 Å². The largest absolute Gasteiger partial charge is 0.480 e. The van der Waals surface area contributed by atoms with E-state index in [-0.39, 0.29) is 0 Å². The Hall–Kier alpha value is -1.14. The van der Waals surface area contributed by atoms with E-state index in [1.807, 2.05) is 0 Å². The lowest BCUT2D eigenvalue weighted by Gasteiger charge is -2.15. The fraction of sp³-hybridized carbons (Fsp3) is 0.714. The minimum atomic E-state index is -1.09. The van der Waals surface area contributed by atoms with Gasteiger partial charge >= 0.3 is 5.97 Å². The lowest BCUT2D eigenvalue weighted by molar-refractivity contribution is -0.148. The van der Waals surface area contributed by atoms with Crippen LogP contribution >= 0.6 is 0 Å².